The summed E-state index contributed by atoms with van der Waals surface area (Å²) in [4.78, 5) is 64.8. The summed E-state index contributed by atoms with van der Waals surface area (Å²) in [5.41, 5.74) is 1.40. The van der Waals surface area contributed by atoms with Crippen molar-refractivity contribution in [3.63, 3.8) is 0 Å². The Balaban J connectivity index is 1.31. The first-order valence-corrected chi connectivity index (χ1v) is 12.0. The van der Waals surface area contributed by atoms with Crippen molar-refractivity contribution in [3.8, 4) is 5.75 Å². The van der Waals surface area contributed by atoms with Crippen LogP contribution in [0.25, 0.3) is 0 Å². The van der Waals surface area contributed by atoms with Gasteiger partial charge in [-0.05, 0) is 69.0 Å². The molecule has 0 radical (unpaired) electrons. The zero-order valence-corrected chi connectivity index (χ0v) is 20.6. The smallest absolute Gasteiger partial charge is 0.308 e. The zero-order valence-electron chi connectivity index (χ0n) is 20.6. The number of amides is 4. The minimum Gasteiger partial charge on any atom is -0.427 e. The summed E-state index contributed by atoms with van der Waals surface area (Å²) in [6, 6.07) is 10.9. The highest BCUT2D eigenvalue weighted by molar-refractivity contribution is 6.22. The first-order valence-electron chi connectivity index (χ1n) is 12.0. The number of rotatable bonds is 6. The second-order valence-electron chi connectivity index (χ2n) is 9.40. The molecule has 2 aromatic carbocycles. The lowest BCUT2D eigenvalue weighted by atomic mass is 9.95. The SMILES string of the molecule is CC(=O)Oc1cccc(C(=O)NCC2CCN(C(=O)c3ccc4c(c3)C(=O)N(C(C)C)C4=O)CC2)c1. The van der Waals surface area contributed by atoms with E-state index in [2.05, 4.69) is 5.32 Å². The van der Waals surface area contributed by atoms with Gasteiger partial charge in [0.15, 0.2) is 0 Å². The molecule has 0 aromatic heterocycles. The minimum atomic E-state index is -0.452. The molecule has 36 heavy (non-hydrogen) atoms. The van der Waals surface area contributed by atoms with Gasteiger partial charge < -0.3 is 15.0 Å². The van der Waals surface area contributed by atoms with E-state index in [0.29, 0.717) is 42.1 Å². The van der Waals surface area contributed by atoms with Crippen molar-refractivity contribution < 1.29 is 28.7 Å². The summed E-state index contributed by atoms with van der Waals surface area (Å²) in [5, 5.41) is 2.92. The maximum absolute atomic E-state index is 13.1. The Hall–Kier alpha value is -4.01. The summed E-state index contributed by atoms with van der Waals surface area (Å²) in [6.07, 6.45) is 1.45. The molecule has 9 nitrogen and oxygen atoms in total. The predicted octanol–water partition coefficient (Wildman–Crippen LogP) is 2.90. The lowest BCUT2D eigenvalue weighted by molar-refractivity contribution is -0.131. The topological polar surface area (TPSA) is 113 Å². The third-order valence-electron chi connectivity index (χ3n) is 6.49. The van der Waals surface area contributed by atoms with Crippen LogP contribution in [0.2, 0.25) is 0 Å². The van der Waals surface area contributed by atoms with Crippen LogP contribution in [0, 0.1) is 5.92 Å². The molecule has 2 aliphatic rings. The van der Waals surface area contributed by atoms with E-state index in [0.717, 1.165) is 12.8 Å². The molecule has 1 fully saturated rings. The Labute approximate surface area is 209 Å². The highest BCUT2D eigenvalue weighted by atomic mass is 16.5. The number of nitrogens with one attached hydrogen (secondary N) is 1. The molecular formula is C27H29N3O6. The van der Waals surface area contributed by atoms with Gasteiger partial charge >= 0.3 is 5.97 Å². The molecule has 9 heteroatoms. The van der Waals surface area contributed by atoms with E-state index in [1.54, 1.807) is 49.1 Å². The van der Waals surface area contributed by atoms with E-state index in [1.165, 1.54) is 24.0 Å². The molecule has 188 valence electrons. The van der Waals surface area contributed by atoms with E-state index >= 15 is 0 Å². The van der Waals surface area contributed by atoms with Gasteiger partial charge in [-0.1, -0.05) is 6.07 Å². The van der Waals surface area contributed by atoms with Crippen molar-refractivity contribution in [1.29, 1.82) is 0 Å². The Morgan fingerprint density at radius 2 is 1.67 bits per heavy atom. The fourth-order valence-electron chi connectivity index (χ4n) is 4.59. The van der Waals surface area contributed by atoms with Crippen LogP contribution in [-0.2, 0) is 4.79 Å². The standard InChI is InChI=1S/C27H29N3O6/c1-16(2)30-26(34)22-8-7-20(14-23(22)27(30)35)25(33)29-11-9-18(10-12-29)15-28-24(32)19-5-4-6-21(13-19)36-17(3)31/h4-8,13-14,16,18H,9-12,15H2,1-3H3,(H,28,32). The first-order chi connectivity index (χ1) is 17.2. The van der Waals surface area contributed by atoms with Crippen molar-refractivity contribution in [3.05, 3.63) is 64.7 Å². The number of carbonyl (C=O) groups is 5. The van der Waals surface area contributed by atoms with Gasteiger partial charge in [0.1, 0.15) is 5.75 Å². The quantitative estimate of drug-likeness (QED) is 0.378. The lowest BCUT2D eigenvalue weighted by Crippen LogP contribution is -2.41. The van der Waals surface area contributed by atoms with Gasteiger partial charge in [-0.2, -0.15) is 0 Å². The highest BCUT2D eigenvalue weighted by Gasteiger charge is 2.38. The van der Waals surface area contributed by atoms with Crippen LogP contribution < -0.4 is 10.1 Å². The summed E-state index contributed by atoms with van der Waals surface area (Å²) in [7, 11) is 0. The van der Waals surface area contributed by atoms with Gasteiger partial charge in [-0.15, -0.1) is 0 Å². The summed E-state index contributed by atoms with van der Waals surface area (Å²) < 4.78 is 5.03. The third kappa shape index (κ3) is 5.15. The van der Waals surface area contributed by atoms with E-state index in [4.69, 9.17) is 4.74 Å². The normalized spacial score (nSPS) is 15.8. The molecule has 0 spiro atoms. The molecule has 4 amide bonds. The monoisotopic (exact) mass is 491 g/mol. The number of hydrogen-bond acceptors (Lipinski definition) is 6. The molecule has 0 unspecified atom stereocenters. The number of esters is 1. The first kappa shape index (κ1) is 25.1. The van der Waals surface area contributed by atoms with Crippen molar-refractivity contribution in [2.75, 3.05) is 19.6 Å². The molecule has 2 aliphatic heterocycles. The highest BCUT2D eigenvalue weighted by Crippen LogP contribution is 2.27. The average Bonchev–Trinajstić information content (AvgIpc) is 3.11. The minimum absolute atomic E-state index is 0.175. The Bertz CT molecular complexity index is 1230. The van der Waals surface area contributed by atoms with Crippen LogP contribution in [0.15, 0.2) is 42.5 Å². The molecule has 0 saturated carbocycles. The second-order valence-corrected chi connectivity index (χ2v) is 9.40. The van der Waals surface area contributed by atoms with Gasteiger partial charge in [-0.25, -0.2) is 0 Å². The summed E-state index contributed by atoms with van der Waals surface area (Å²) in [6.45, 7) is 6.39. The second kappa shape index (κ2) is 10.3. The maximum Gasteiger partial charge on any atom is 0.308 e. The molecule has 4 rings (SSSR count). The molecule has 2 heterocycles. The Morgan fingerprint density at radius 3 is 2.33 bits per heavy atom. The van der Waals surface area contributed by atoms with Gasteiger partial charge in [0.05, 0.1) is 11.1 Å². The molecule has 0 atom stereocenters. The Kier molecular flexibility index (Phi) is 7.19. The summed E-state index contributed by atoms with van der Waals surface area (Å²) in [5.74, 6) is -1.05. The number of likely N-dealkylation sites (tertiary alicyclic amines) is 1. The van der Waals surface area contributed by atoms with Gasteiger partial charge in [0, 0.05) is 43.7 Å². The van der Waals surface area contributed by atoms with E-state index in [1.807, 2.05) is 0 Å². The fraction of sp³-hybridized carbons (Fsp3) is 0.370. The van der Waals surface area contributed by atoms with Crippen LogP contribution in [0.4, 0.5) is 0 Å². The van der Waals surface area contributed by atoms with E-state index in [-0.39, 0.29) is 41.2 Å². The van der Waals surface area contributed by atoms with Gasteiger partial charge in [-0.3, -0.25) is 28.9 Å². The van der Waals surface area contributed by atoms with Crippen molar-refractivity contribution in [1.82, 2.24) is 15.1 Å². The number of hydrogen-bond donors (Lipinski definition) is 1. The zero-order chi connectivity index (χ0) is 26.0. The van der Waals surface area contributed by atoms with Crippen LogP contribution >= 0.6 is 0 Å². The van der Waals surface area contributed by atoms with Crippen LogP contribution in [0.3, 0.4) is 0 Å². The summed E-state index contributed by atoms with van der Waals surface area (Å²) >= 11 is 0. The molecule has 2 aromatic rings. The van der Waals surface area contributed by atoms with Crippen LogP contribution in [0.1, 0.15) is 75.0 Å². The maximum atomic E-state index is 13.1. The van der Waals surface area contributed by atoms with Crippen molar-refractivity contribution in [2.45, 2.75) is 39.7 Å². The Morgan fingerprint density at radius 1 is 0.972 bits per heavy atom. The van der Waals surface area contributed by atoms with E-state index < -0.39 is 5.97 Å². The van der Waals surface area contributed by atoms with Crippen LogP contribution in [-0.4, -0.2) is 65.1 Å². The average molecular weight is 492 g/mol. The predicted molar refractivity (Wildman–Crippen MR) is 131 cm³/mol. The molecule has 1 N–H and O–H groups in total. The lowest BCUT2D eigenvalue weighted by Gasteiger charge is -2.32. The fourth-order valence-corrected chi connectivity index (χ4v) is 4.59. The number of ether oxygens (including phenoxy) is 1. The molecular weight excluding hydrogens is 462 g/mol. The van der Waals surface area contributed by atoms with Crippen molar-refractivity contribution >= 4 is 29.6 Å². The van der Waals surface area contributed by atoms with E-state index in [9.17, 15) is 24.0 Å². The number of imide groups is 1. The van der Waals surface area contributed by atoms with Crippen LogP contribution in [0.5, 0.6) is 5.75 Å². The van der Waals surface area contributed by atoms with Gasteiger partial charge in [0.2, 0.25) is 0 Å². The van der Waals surface area contributed by atoms with Gasteiger partial charge in [0.25, 0.3) is 23.6 Å². The number of carbonyl (C=O) groups excluding carboxylic acids is 5. The molecule has 1 saturated heterocycles. The third-order valence-corrected chi connectivity index (χ3v) is 6.49. The molecule has 0 bridgehead atoms. The number of piperidine rings is 1. The largest absolute Gasteiger partial charge is 0.427 e. The molecule has 0 aliphatic carbocycles. The van der Waals surface area contributed by atoms with Crippen molar-refractivity contribution in [2.24, 2.45) is 5.92 Å². The number of benzene rings is 2. The number of fused-ring (bicyclic) bond motifs is 1. The number of nitrogens with zero attached hydrogens (tertiary/aromatic N) is 2.